The Labute approximate surface area is 118 Å². The summed E-state index contributed by atoms with van der Waals surface area (Å²) in [5.41, 5.74) is 0.238. The van der Waals surface area contributed by atoms with Gasteiger partial charge in [-0.15, -0.1) is 0 Å². The summed E-state index contributed by atoms with van der Waals surface area (Å²) in [7, 11) is 0. The molecule has 0 N–H and O–H groups in total. The van der Waals surface area contributed by atoms with Crippen molar-refractivity contribution in [2.24, 2.45) is 4.99 Å². The van der Waals surface area contributed by atoms with E-state index < -0.39 is 11.7 Å². The van der Waals surface area contributed by atoms with Crippen molar-refractivity contribution < 1.29 is 22.6 Å². The lowest BCUT2D eigenvalue weighted by molar-refractivity contribution is -0.137. The highest BCUT2D eigenvalue weighted by Crippen LogP contribution is 2.33. The van der Waals surface area contributed by atoms with Crippen molar-refractivity contribution in [1.29, 1.82) is 0 Å². The second-order valence-corrected chi connectivity index (χ2v) is 4.42. The van der Waals surface area contributed by atoms with Gasteiger partial charge in [0.1, 0.15) is 0 Å². The van der Waals surface area contributed by atoms with Crippen molar-refractivity contribution in [2.75, 3.05) is 6.79 Å². The minimum Gasteiger partial charge on any atom is -0.454 e. The van der Waals surface area contributed by atoms with E-state index in [1.54, 1.807) is 18.2 Å². The minimum absolute atomic E-state index is 0.170. The van der Waals surface area contributed by atoms with Gasteiger partial charge in [-0.3, -0.25) is 4.99 Å². The van der Waals surface area contributed by atoms with Gasteiger partial charge in [0.2, 0.25) is 6.79 Å². The van der Waals surface area contributed by atoms with E-state index in [9.17, 15) is 13.2 Å². The molecule has 0 unspecified atom stereocenters. The number of alkyl halides is 3. The van der Waals surface area contributed by atoms with Gasteiger partial charge < -0.3 is 9.47 Å². The molecule has 0 saturated heterocycles. The van der Waals surface area contributed by atoms with E-state index in [1.807, 2.05) is 0 Å². The molecule has 6 heteroatoms. The lowest BCUT2D eigenvalue weighted by Gasteiger charge is -2.06. The zero-order chi connectivity index (χ0) is 14.9. The first kappa shape index (κ1) is 13.5. The van der Waals surface area contributed by atoms with Crippen LogP contribution in [0.15, 0.2) is 47.5 Å². The number of aliphatic imine (C=N–C) groups is 1. The molecule has 2 aromatic carbocycles. The van der Waals surface area contributed by atoms with E-state index in [-0.39, 0.29) is 12.5 Å². The Morgan fingerprint density at radius 2 is 1.81 bits per heavy atom. The number of ether oxygens (including phenoxy) is 2. The molecule has 108 valence electrons. The highest BCUT2D eigenvalue weighted by Gasteiger charge is 2.30. The zero-order valence-electron chi connectivity index (χ0n) is 10.7. The average molecular weight is 293 g/mol. The molecular formula is C15H10F3NO2. The van der Waals surface area contributed by atoms with E-state index in [4.69, 9.17) is 9.47 Å². The van der Waals surface area contributed by atoms with E-state index in [0.29, 0.717) is 11.5 Å². The van der Waals surface area contributed by atoms with Crippen LogP contribution in [0, 0.1) is 0 Å². The Hall–Kier alpha value is -2.50. The largest absolute Gasteiger partial charge is 0.454 e. The topological polar surface area (TPSA) is 30.8 Å². The van der Waals surface area contributed by atoms with Gasteiger partial charge in [-0.05, 0) is 42.0 Å². The van der Waals surface area contributed by atoms with Gasteiger partial charge in [-0.25, -0.2) is 0 Å². The molecule has 0 spiro atoms. The molecule has 1 heterocycles. The number of hydrogen-bond donors (Lipinski definition) is 0. The highest BCUT2D eigenvalue weighted by atomic mass is 19.4. The van der Waals surface area contributed by atoms with Gasteiger partial charge in [-0.2, -0.15) is 13.2 Å². The Bertz CT molecular complexity index is 696. The van der Waals surface area contributed by atoms with Crippen molar-refractivity contribution in [3.63, 3.8) is 0 Å². The maximum atomic E-state index is 12.6. The Morgan fingerprint density at radius 1 is 1.00 bits per heavy atom. The molecule has 0 amide bonds. The quantitative estimate of drug-likeness (QED) is 0.777. The van der Waals surface area contributed by atoms with Crippen LogP contribution in [0.5, 0.6) is 11.5 Å². The summed E-state index contributed by atoms with van der Waals surface area (Å²) < 4.78 is 48.2. The molecule has 2 aromatic rings. The Balaban J connectivity index is 1.83. The summed E-state index contributed by atoms with van der Waals surface area (Å²) in [4.78, 5) is 4.05. The van der Waals surface area contributed by atoms with Crippen LogP contribution in [0.1, 0.15) is 11.1 Å². The van der Waals surface area contributed by atoms with Gasteiger partial charge in [0.05, 0.1) is 11.3 Å². The first-order chi connectivity index (χ1) is 10.0. The minimum atomic E-state index is -4.37. The smallest absolute Gasteiger partial charge is 0.416 e. The molecule has 0 aromatic heterocycles. The first-order valence-electron chi connectivity index (χ1n) is 6.13. The summed E-state index contributed by atoms with van der Waals surface area (Å²) in [6, 6.07) is 10.1. The van der Waals surface area contributed by atoms with Gasteiger partial charge in [0.25, 0.3) is 0 Å². The SMILES string of the molecule is FC(F)(F)c1cccc(N=Cc2ccc3c(c2)OCO3)c1. The molecule has 0 aliphatic carbocycles. The molecular weight excluding hydrogens is 283 g/mol. The fourth-order valence-corrected chi connectivity index (χ4v) is 1.91. The first-order valence-corrected chi connectivity index (χ1v) is 6.13. The second kappa shape index (κ2) is 5.12. The molecule has 0 atom stereocenters. The lowest BCUT2D eigenvalue weighted by atomic mass is 10.2. The standard InChI is InChI=1S/C15H10F3NO2/c16-15(17,18)11-2-1-3-12(7-11)19-8-10-4-5-13-14(6-10)21-9-20-13/h1-8H,9H2. The van der Waals surface area contributed by atoms with Gasteiger partial charge in [0, 0.05) is 6.21 Å². The third-order valence-corrected chi connectivity index (χ3v) is 2.93. The predicted octanol–water partition coefficient (Wildman–Crippen LogP) is 4.18. The van der Waals surface area contributed by atoms with Crippen LogP contribution >= 0.6 is 0 Å². The predicted molar refractivity (Wildman–Crippen MR) is 71.3 cm³/mol. The number of benzene rings is 2. The summed E-state index contributed by atoms with van der Waals surface area (Å²) >= 11 is 0. The van der Waals surface area contributed by atoms with Crippen LogP contribution in [0.25, 0.3) is 0 Å². The molecule has 3 rings (SSSR count). The van der Waals surface area contributed by atoms with E-state index >= 15 is 0 Å². The third kappa shape index (κ3) is 2.99. The number of fused-ring (bicyclic) bond motifs is 1. The summed E-state index contributed by atoms with van der Waals surface area (Å²) in [5, 5.41) is 0. The summed E-state index contributed by atoms with van der Waals surface area (Å²) in [5.74, 6) is 1.24. The number of nitrogens with zero attached hydrogens (tertiary/aromatic N) is 1. The number of hydrogen-bond acceptors (Lipinski definition) is 3. The van der Waals surface area contributed by atoms with Crippen LogP contribution in [-0.2, 0) is 6.18 Å². The normalized spacial score (nSPS) is 13.9. The van der Waals surface area contributed by atoms with Gasteiger partial charge in [0.15, 0.2) is 11.5 Å². The van der Waals surface area contributed by atoms with Crippen molar-refractivity contribution >= 4 is 11.9 Å². The summed E-state index contributed by atoms with van der Waals surface area (Å²) in [6.45, 7) is 0.170. The maximum Gasteiger partial charge on any atom is 0.416 e. The molecule has 1 aliphatic rings. The molecule has 0 radical (unpaired) electrons. The van der Waals surface area contributed by atoms with E-state index in [0.717, 1.165) is 17.7 Å². The molecule has 0 saturated carbocycles. The molecule has 21 heavy (non-hydrogen) atoms. The Kier molecular flexibility index (Phi) is 3.29. The van der Waals surface area contributed by atoms with Crippen LogP contribution in [-0.4, -0.2) is 13.0 Å². The monoisotopic (exact) mass is 293 g/mol. The van der Waals surface area contributed by atoms with E-state index in [1.165, 1.54) is 18.3 Å². The zero-order valence-corrected chi connectivity index (χ0v) is 10.7. The van der Waals surface area contributed by atoms with Crippen molar-refractivity contribution in [2.45, 2.75) is 6.18 Å². The molecule has 0 bridgehead atoms. The van der Waals surface area contributed by atoms with Gasteiger partial charge >= 0.3 is 6.18 Å². The fourth-order valence-electron chi connectivity index (χ4n) is 1.91. The van der Waals surface area contributed by atoms with Gasteiger partial charge in [-0.1, -0.05) is 6.07 Å². The average Bonchev–Trinajstić information content (AvgIpc) is 2.92. The van der Waals surface area contributed by atoms with E-state index in [2.05, 4.69) is 4.99 Å². The molecule has 1 aliphatic heterocycles. The van der Waals surface area contributed by atoms with Crippen molar-refractivity contribution in [3.05, 3.63) is 53.6 Å². The van der Waals surface area contributed by atoms with Crippen LogP contribution < -0.4 is 9.47 Å². The molecule has 3 nitrogen and oxygen atoms in total. The highest BCUT2D eigenvalue weighted by molar-refractivity contribution is 5.83. The number of halogens is 3. The lowest BCUT2D eigenvalue weighted by Crippen LogP contribution is -2.03. The van der Waals surface area contributed by atoms with Crippen molar-refractivity contribution in [3.8, 4) is 11.5 Å². The fraction of sp³-hybridized carbons (Fsp3) is 0.133. The van der Waals surface area contributed by atoms with Crippen LogP contribution in [0.2, 0.25) is 0 Å². The second-order valence-electron chi connectivity index (χ2n) is 4.42. The third-order valence-electron chi connectivity index (χ3n) is 2.93. The van der Waals surface area contributed by atoms with Crippen LogP contribution in [0.4, 0.5) is 18.9 Å². The Morgan fingerprint density at radius 3 is 2.62 bits per heavy atom. The summed E-state index contributed by atoms with van der Waals surface area (Å²) in [6.07, 6.45) is -2.89. The van der Waals surface area contributed by atoms with Crippen LogP contribution in [0.3, 0.4) is 0 Å². The molecule has 0 fully saturated rings. The number of rotatable bonds is 2. The maximum absolute atomic E-state index is 12.6. The van der Waals surface area contributed by atoms with Crippen molar-refractivity contribution in [1.82, 2.24) is 0 Å².